The molecule has 0 aromatic heterocycles. The smallest absolute Gasteiger partial charge is 0.492 e. The molecule has 136 valence electrons. The second-order valence-corrected chi connectivity index (χ2v) is 5.62. The van der Waals surface area contributed by atoms with Gasteiger partial charge in [-0.2, -0.15) is 5.26 Å². The molecule has 6 heteroatoms. The number of rotatable bonds is 7. The maximum Gasteiger partial charge on any atom is 0.572 e. The van der Waals surface area contributed by atoms with E-state index in [0.717, 1.165) is 19.3 Å². The van der Waals surface area contributed by atoms with E-state index in [2.05, 4.69) is 29.6 Å². The van der Waals surface area contributed by atoms with E-state index in [1.807, 2.05) is 0 Å². The standard InChI is InChI=1S/C20H18F3NO2/c1-2-3-4-12-25-19-13-16(8-9-17(19)14-24)15-6-5-7-18(11-10-15)26-20(21,22)23/h8-11,13H,2-4,7,12H2,1H3. The van der Waals surface area contributed by atoms with Crippen molar-refractivity contribution in [1.29, 1.82) is 5.26 Å². The summed E-state index contributed by atoms with van der Waals surface area (Å²) in [5.41, 5.74) is 1.62. The summed E-state index contributed by atoms with van der Waals surface area (Å²) in [6, 6.07) is 7.08. The molecular weight excluding hydrogens is 343 g/mol. The van der Waals surface area contributed by atoms with Crippen LogP contribution in [0.15, 0.2) is 36.1 Å². The molecule has 0 amide bonds. The number of ether oxygens (including phenoxy) is 2. The van der Waals surface area contributed by atoms with Crippen molar-refractivity contribution in [2.45, 2.75) is 39.0 Å². The first-order chi connectivity index (χ1) is 12.4. The number of alkyl halides is 3. The summed E-state index contributed by atoms with van der Waals surface area (Å²) in [4.78, 5) is 0. The molecule has 1 aromatic carbocycles. The lowest BCUT2D eigenvalue weighted by atomic mass is 10.0. The van der Waals surface area contributed by atoms with E-state index in [1.54, 1.807) is 18.2 Å². The molecule has 0 unspecified atom stereocenters. The number of hydrogen-bond donors (Lipinski definition) is 0. The number of benzene rings is 1. The van der Waals surface area contributed by atoms with Crippen LogP contribution in [0.2, 0.25) is 0 Å². The van der Waals surface area contributed by atoms with E-state index < -0.39 is 6.36 Å². The minimum absolute atomic E-state index is 0.129. The first kappa shape index (κ1) is 19.5. The maximum absolute atomic E-state index is 12.3. The molecule has 0 aliphatic heterocycles. The lowest BCUT2D eigenvalue weighted by Crippen LogP contribution is -2.12. The van der Waals surface area contributed by atoms with E-state index in [9.17, 15) is 18.4 Å². The molecule has 1 aliphatic rings. The topological polar surface area (TPSA) is 42.2 Å². The van der Waals surface area contributed by atoms with Gasteiger partial charge in [-0.25, -0.2) is 0 Å². The summed E-state index contributed by atoms with van der Waals surface area (Å²) < 4.78 is 46.6. The van der Waals surface area contributed by atoms with Crippen LogP contribution in [-0.4, -0.2) is 13.0 Å². The molecule has 0 fully saturated rings. The number of unbranched alkanes of at least 4 members (excludes halogenated alkanes) is 2. The number of allylic oxidation sites excluding steroid dienone is 4. The average molecular weight is 361 g/mol. The van der Waals surface area contributed by atoms with Gasteiger partial charge >= 0.3 is 6.36 Å². The Balaban J connectivity index is 2.22. The van der Waals surface area contributed by atoms with Crippen molar-refractivity contribution < 1.29 is 22.6 Å². The highest BCUT2D eigenvalue weighted by Crippen LogP contribution is 2.27. The Labute approximate surface area is 150 Å². The monoisotopic (exact) mass is 361 g/mol. The van der Waals surface area contributed by atoms with Gasteiger partial charge in [0, 0.05) is 5.57 Å². The zero-order valence-corrected chi connectivity index (χ0v) is 14.3. The van der Waals surface area contributed by atoms with Gasteiger partial charge in [-0.3, -0.25) is 0 Å². The van der Waals surface area contributed by atoms with Crippen LogP contribution in [-0.2, 0) is 4.74 Å². The molecule has 0 atom stereocenters. The Hall–Kier alpha value is -2.86. The van der Waals surface area contributed by atoms with E-state index >= 15 is 0 Å². The summed E-state index contributed by atoms with van der Waals surface area (Å²) in [5, 5.41) is 9.21. The van der Waals surface area contributed by atoms with Crippen LogP contribution in [0, 0.1) is 23.2 Å². The maximum atomic E-state index is 12.3. The molecule has 2 rings (SSSR count). The Morgan fingerprint density at radius 3 is 2.73 bits per heavy atom. The van der Waals surface area contributed by atoms with Crippen LogP contribution in [0.1, 0.15) is 43.7 Å². The summed E-state index contributed by atoms with van der Waals surface area (Å²) in [6.07, 6.45) is 0.834. The molecular formula is C20H18F3NO2. The van der Waals surface area contributed by atoms with Gasteiger partial charge in [0.15, 0.2) is 0 Å². The van der Waals surface area contributed by atoms with Crippen molar-refractivity contribution in [2.75, 3.05) is 6.61 Å². The number of nitrogens with zero attached hydrogens (tertiary/aromatic N) is 1. The first-order valence-electron chi connectivity index (χ1n) is 8.25. The van der Waals surface area contributed by atoms with Gasteiger partial charge in [0.1, 0.15) is 17.6 Å². The highest BCUT2D eigenvalue weighted by molar-refractivity contribution is 5.81. The molecule has 0 saturated heterocycles. The van der Waals surface area contributed by atoms with E-state index in [1.165, 1.54) is 12.2 Å². The van der Waals surface area contributed by atoms with Crippen LogP contribution in [0.3, 0.4) is 0 Å². The molecule has 0 heterocycles. The van der Waals surface area contributed by atoms with E-state index in [-0.39, 0.29) is 12.2 Å². The predicted octanol–water partition coefficient (Wildman–Crippen LogP) is 5.34. The highest BCUT2D eigenvalue weighted by atomic mass is 19.4. The van der Waals surface area contributed by atoms with E-state index in [0.29, 0.717) is 29.1 Å². The second kappa shape index (κ2) is 9.01. The predicted molar refractivity (Wildman–Crippen MR) is 91.8 cm³/mol. The fraction of sp³-hybridized carbons (Fsp3) is 0.350. The zero-order chi connectivity index (χ0) is 19.0. The molecule has 1 aromatic rings. The van der Waals surface area contributed by atoms with Gasteiger partial charge in [-0.15, -0.1) is 13.2 Å². The molecule has 1 aliphatic carbocycles. The molecule has 0 saturated carbocycles. The van der Waals surface area contributed by atoms with Crippen LogP contribution in [0.4, 0.5) is 13.2 Å². The molecule has 0 N–H and O–H groups in total. The summed E-state index contributed by atoms with van der Waals surface area (Å²) in [7, 11) is 0. The minimum Gasteiger partial charge on any atom is -0.492 e. The zero-order valence-electron chi connectivity index (χ0n) is 14.3. The third-order valence-corrected chi connectivity index (χ3v) is 3.59. The highest BCUT2D eigenvalue weighted by Gasteiger charge is 2.31. The Morgan fingerprint density at radius 2 is 2.04 bits per heavy atom. The fourth-order valence-electron chi connectivity index (χ4n) is 2.33. The van der Waals surface area contributed by atoms with Crippen LogP contribution in [0.5, 0.6) is 5.75 Å². The van der Waals surface area contributed by atoms with Crippen molar-refractivity contribution in [3.05, 3.63) is 47.2 Å². The summed E-state index contributed by atoms with van der Waals surface area (Å²) in [5.74, 6) is 5.68. The fourth-order valence-corrected chi connectivity index (χ4v) is 2.33. The lowest BCUT2D eigenvalue weighted by Gasteiger charge is -2.10. The number of nitriles is 1. The van der Waals surface area contributed by atoms with Crippen molar-refractivity contribution >= 4 is 5.57 Å². The second-order valence-electron chi connectivity index (χ2n) is 5.62. The molecule has 3 nitrogen and oxygen atoms in total. The Morgan fingerprint density at radius 1 is 1.23 bits per heavy atom. The SMILES string of the molecule is CCCCCOc1cc(C2=CC=C(OC(F)(F)F)CC#C2)ccc1C#N. The summed E-state index contributed by atoms with van der Waals surface area (Å²) in [6.45, 7) is 2.59. The van der Waals surface area contributed by atoms with Gasteiger partial charge in [-0.1, -0.05) is 37.7 Å². The van der Waals surface area contributed by atoms with Crippen LogP contribution in [0.25, 0.3) is 5.57 Å². The Bertz CT molecular complexity index is 805. The van der Waals surface area contributed by atoms with Gasteiger partial charge in [0.2, 0.25) is 0 Å². The van der Waals surface area contributed by atoms with Gasteiger partial charge < -0.3 is 9.47 Å². The third kappa shape index (κ3) is 5.89. The van der Waals surface area contributed by atoms with Crippen LogP contribution < -0.4 is 4.74 Å². The number of hydrogen-bond acceptors (Lipinski definition) is 3. The minimum atomic E-state index is -4.74. The van der Waals surface area contributed by atoms with Crippen molar-refractivity contribution in [3.8, 4) is 23.7 Å². The van der Waals surface area contributed by atoms with Crippen LogP contribution >= 0.6 is 0 Å². The molecule has 0 radical (unpaired) electrons. The molecule has 0 spiro atoms. The van der Waals surface area contributed by atoms with Gasteiger partial charge in [0.25, 0.3) is 0 Å². The van der Waals surface area contributed by atoms with Crippen molar-refractivity contribution in [2.24, 2.45) is 0 Å². The average Bonchev–Trinajstić information content (AvgIpc) is 2.82. The van der Waals surface area contributed by atoms with Crippen molar-refractivity contribution in [1.82, 2.24) is 0 Å². The van der Waals surface area contributed by atoms with Crippen molar-refractivity contribution in [3.63, 3.8) is 0 Å². The lowest BCUT2D eigenvalue weighted by molar-refractivity contribution is -0.305. The van der Waals surface area contributed by atoms with E-state index in [4.69, 9.17) is 4.74 Å². The normalized spacial score (nSPS) is 13.5. The quantitative estimate of drug-likeness (QED) is 0.486. The van der Waals surface area contributed by atoms with Gasteiger partial charge in [0.05, 0.1) is 18.6 Å². The van der Waals surface area contributed by atoms with Gasteiger partial charge in [-0.05, 0) is 36.3 Å². The number of halogens is 3. The molecule has 26 heavy (non-hydrogen) atoms. The third-order valence-electron chi connectivity index (χ3n) is 3.59. The molecule has 0 bridgehead atoms. The Kier molecular flexibility index (Phi) is 6.74. The first-order valence-corrected chi connectivity index (χ1v) is 8.25. The summed E-state index contributed by atoms with van der Waals surface area (Å²) >= 11 is 0. The largest absolute Gasteiger partial charge is 0.572 e.